The Labute approximate surface area is 140 Å². The van der Waals surface area contributed by atoms with Crippen LogP contribution in [0.2, 0.25) is 0 Å². The second-order valence-corrected chi connectivity index (χ2v) is 6.88. The number of carbonyl (C=O) groups excluding carboxylic acids is 1. The van der Waals surface area contributed by atoms with Crippen LogP contribution in [-0.2, 0) is 11.8 Å². The maximum Gasteiger partial charge on any atom is 0.237 e. The second kappa shape index (κ2) is 5.20. The maximum absolute atomic E-state index is 12.2. The summed E-state index contributed by atoms with van der Waals surface area (Å²) in [6, 6.07) is 4.02. The van der Waals surface area contributed by atoms with Crippen molar-refractivity contribution in [3.63, 3.8) is 0 Å². The molecule has 1 spiro atoms. The number of hydrogen-bond acceptors (Lipinski definition) is 5. The van der Waals surface area contributed by atoms with Gasteiger partial charge in [0.2, 0.25) is 5.91 Å². The van der Waals surface area contributed by atoms with Crippen LogP contribution in [0.25, 0.3) is 11.0 Å². The molecule has 7 nitrogen and oxygen atoms in total. The summed E-state index contributed by atoms with van der Waals surface area (Å²) < 4.78 is 1.99. The summed E-state index contributed by atoms with van der Waals surface area (Å²) in [5.74, 6) is 1.33. The highest BCUT2D eigenvalue weighted by Gasteiger charge is 2.56. The number of carbonyl (C=O) groups is 1. The number of nitrogens with zero attached hydrogens (tertiary/aromatic N) is 6. The highest BCUT2D eigenvalue weighted by Crippen LogP contribution is 2.45. The van der Waals surface area contributed by atoms with Crippen molar-refractivity contribution in [3.05, 3.63) is 18.6 Å². The lowest BCUT2D eigenvalue weighted by Crippen LogP contribution is -2.69. The first-order valence-electron chi connectivity index (χ1n) is 8.25. The molecule has 2 fully saturated rings. The fourth-order valence-corrected chi connectivity index (χ4v) is 4.23. The van der Waals surface area contributed by atoms with Crippen molar-refractivity contribution in [1.29, 1.82) is 5.26 Å². The zero-order valence-corrected chi connectivity index (χ0v) is 13.9. The van der Waals surface area contributed by atoms with Gasteiger partial charge in [0.1, 0.15) is 24.2 Å². The van der Waals surface area contributed by atoms with Crippen LogP contribution in [0.3, 0.4) is 0 Å². The van der Waals surface area contributed by atoms with Gasteiger partial charge in [-0.05, 0) is 18.4 Å². The van der Waals surface area contributed by atoms with Crippen LogP contribution in [0, 0.1) is 17.2 Å². The van der Waals surface area contributed by atoms with Crippen LogP contribution in [-0.4, -0.2) is 50.5 Å². The number of aryl methyl sites for hydroxylation is 1. The average molecular weight is 324 g/mol. The molecule has 2 aliphatic heterocycles. The van der Waals surface area contributed by atoms with Gasteiger partial charge in [-0.3, -0.25) is 4.79 Å². The smallest absolute Gasteiger partial charge is 0.237 e. The van der Waals surface area contributed by atoms with Crippen molar-refractivity contribution >= 4 is 22.8 Å². The molecule has 1 amide bonds. The van der Waals surface area contributed by atoms with Crippen molar-refractivity contribution in [1.82, 2.24) is 19.4 Å². The minimum atomic E-state index is -0.153. The number of fused-ring (bicyclic) bond motifs is 1. The summed E-state index contributed by atoms with van der Waals surface area (Å²) in [4.78, 5) is 25.3. The Morgan fingerprint density at radius 1 is 1.50 bits per heavy atom. The van der Waals surface area contributed by atoms with Gasteiger partial charge in [-0.2, -0.15) is 5.26 Å². The maximum atomic E-state index is 12.2. The van der Waals surface area contributed by atoms with Gasteiger partial charge in [-0.15, -0.1) is 0 Å². The van der Waals surface area contributed by atoms with E-state index >= 15 is 0 Å². The van der Waals surface area contributed by atoms with E-state index in [1.54, 1.807) is 6.33 Å². The zero-order chi connectivity index (χ0) is 16.9. The zero-order valence-electron chi connectivity index (χ0n) is 13.9. The molecule has 2 aromatic heterocycles. The lowest BCUT2D eigenvalue weighted by molar-refractivity contribution is -0.152. The normalized spacial score (nSPS) is 26.0. The minimum Gasteiger partial charge on any atom is -0.353 e. The van der Waals surface area contributed by atoms with Gasteiger partial charge in [0, 0.05) is 32.9 Å². The van der Waals surface area contributed by atoms with E-state index in [9.17, 15) is 4.79 Å². The average Bonchev–Trinajstić information content (AvgIpc) is 3.19. The number of rotatable bonds is 2. The quantitative estimate of drug-likeness (QED) is 0.832. The largest absolute Gasteiger partial charge is 0.353 e. The van der Waals surface area contributed by atoms with Crippen molar-refractivity contribution in [2.45, 2.75) is 25.3 Å². The Balaban J connectivity index is 1.64. The third-order valence-corrected chi connectivity index (χ3v) is 5.66. The van der Waals surface area contributed by atoms with E-state index in [1.807, 2.05) is 34.8 Å². The SMILES string of the molecule is C[C@H]1CN(C(=O)CC#N)[C@]12CCN(c1ncnc3c1ccn3C)C2. The molecule has 124 valence electrons. The number of nitriles is 1. The standard InChI is InChI=1S/C17H20N6O/c1-12-9-23(14(24)3-6-18)17(12)5-8-22(10-17)16-13-4-7-21(2)15(13)19-11-20-16/h4,7,11-12H,3,5,8-10H2,1-2H3/t12-,17-/m0/s1. The summed E-state index contributed by atoms with van der Waals surface area (Å²) in [7, 11) is 1.97. The van der Waals surface area contributed by atoms with Crippen LogP contribution in [0.15, 0.2) is 18.6 Å². The van der Waals surface area contributed by atoms with Crippen molar-refractivity contribution in [2.24, 2.45) is 13.0 Å². The molecule has 24 heavy (non-hydrogen) atoms. The van der Waals surface area contributed by atoms with Gasteiger partial charge in [-0.25, -0.2) is 9.97 Å². The van der Waals surface area contributed by atoms with Gasteiger partial charge >= 0.3 is 0 Å². The molecule has 0 saturated carbocycles. The molecule has 0 radical (unpaired) electrons. The number of anilines is 1. The lowest BCUT2D eigenvalue weighted by Gasteiger charge is -2.55. The molecule has 4 rings (SSSR count). The third kappa shape index (κ3) is 1.92. The van der Waals surface area contributed by atoms with Crippen LogP contribution in [0.1, 0.15) is 19.8 Å². The van der Waals surface area contributed by atoms with Gasteiger partial charge in [-0.1, -0.05) is 6.92 Å². The van der Waals surface area contributed by atoms with E-state index in [4.69, 9.17) is 5.26 Å². The Hall–Kier alpha value is -2.62. The Kier molecular flexibility index (Phi) is 3.23. The fourth-order valence-electron chi connectivity index (χ4n) is 4.23. The van der Waals surface area contributed by atoms with Crippen molar-refractivity contribution < 1.29 is 4.79 Å². The summed E-state index contributed by atoms with van der Waals surface area (Å²) in [5, 5.41) is 9.87. The van der Waals surface area contributed by atoms with Crippen molar-refractivity contribution in [3.8, 4) is 6.07 Å². The van der Waals surface area contributed by atoms with Crippen molar-refractivity contribution in [2.75, 3.05) is 24.5 Å². The molecule has 0 aromatic carbocycles. The Morgan fingerprint density at radius 3 is 3.08 bits per heavy atom. The molecule has 4 heterocycles. The highest BCUT2D eigenvalue weighted by molar-refractivity contribution is 5.88. The van der Waals surface area contributed by atoms with Crippen LogP contribution in [0.4, 0.5) is 5.82 Å². The Morgan fingerprint density at radius 2 is 2.33 bits per heavy atom. The molecule has 0 N–H and O–H groups in total. The molecule has 2 aromatic rings. The predicted octanol–water partition coefficient (Wildman–Crippen LogP) is 1.31. The first-order valence-corrected chi connectivity index (χ1v) is 8.25. The topological polar surface area (TPSA) is 78.1 Å². The van der Waals surface area contributed by atoms with Gasteiger partial charge in [0.25, 0.3) is 0 Å². The van der Waals surface area contributed by atoms with Gasteiger partial charge < -0.3 is 14.4 Å². The fraction of sp³-hybridized carbons (Fsp3) is 0.529. The molecule has 2 atom stereocenters. The summed E-state index contributed by atoms with van der Waals surface area (Å²) in [5.41, 5.74) is 0.764. The molecule has 0 unspecified atom stereocenters. The van der Waals surface area contributed by atoms with E-state index in [1.165, 1.54) is 0 Å². The van der Waals surface area contributed by atoms with Crippen LogP contribution < -0.4 is 4.90 Å². The molecule has 2 saturated heterocycles. The second-order valence-electron chi connectivity index (χ2n) is 6.88. The molecule has 7 heteroatoms. The highest BCUT2D eigenvalue weighted by atomic mass is 16.2. The van der Waals surface area contributed by atoms with Gasteiger partial charge in [0.05, 0.1) is 17.0 Å². The van der Waals surface area contributed by atoms with E-state index in [0.29, 0.717) is 5.92 Å². The van der Waals surface area contributed by atoms with Crippen LogP contribution >= 0.6 is 0 Å². The molecular formula is C17H20N6O. The summed E-state index contributed by atoms with van der Waals surface area (Å²) in [6.45, 7) is 4.57. The van der Waals surface area contributed by atoms with E-state index in [-0.39, 0.29) is 17.9 Å². The monoisotopic (exact) mass is 324 g/mol. The lowest BCUT2D eigenvalue weighted by atomic mass is 9.74. The van der Waals surface area contributed by atoms with E-state index < -0.39 is 0 Å². The number of hydrogen-bond donors (Lipinski definition) is 0. The molecule has 2 aliphatic rings. The summed E-state index contributed by atoms with van der Waals surface area (Å²) in [6.07, 6.45) is 4.48. The number of aromatic nitrogens is 3. The van der Waals surface area contributed by atoms with E-state index in [2.05, 4.69) is 21.8 Å². The first kappa shape index (κ1) is 14.9. The molecule has 0 aliphatic carbocycles. The number of amides is 1. The summed E-state index contributed by atoms with van der Waals surface area (Å²) >= 11 is 0. The van der Waals surface area contributed by atoms with Gasteiger partial charge in [0.15, 0.2) is 0 Å². The van der Waals surface area contributed by atoms with E-state index in [0.717, 1.165) is 42.9 Å². The predicted molar refractivity (Wildman–Crippen MR) is 89.2 cm³/mol. The number of likely N-dealkylation sites (tertiary alicyclic amines) is 1. The first-order chi connectivity index (χ1) is 11.6. The molecule has 0 bridgehead atoms. The minimum absolute atomic E-state index is 0.0368. The Bertz CT molecular complexity index is 852. The molecular weight excluding hydrogens is 304 g/mol. The third-order valence-electron chi connectivity index (χ3n) is 5.66. The van der Waals surface area contributed by atoms with Crippen LogP contribution in [0.5, 0.6) is 0 Å².